The molecule has 1 unspecified atom stereocenters. The number of allylic oxidation sites excluding steroid dienone is 1. The van der Waals surface area contributed by atoms with Crippen LogP contribution in [0.5, 0.6) is 0 Å². The lowest BCUT2D eigenvalue weighted by Crippen LogP contribution is -2.35. The third-order valence-electron chi connectivity index (χ3n) is 5.45. The van der Waals surface area contributed by atoms with Gasteiger partial charge in [-0.05, 0) is 57.4 Å². The zero-order valence-corrected chi connectivity index (χ0v) is 18.3. The molecule has 3 rings (SSSR count). The summed E-state index contributed by atoms with van der Waals surface area (Å²) in [7, 11) is 0. The van der Waals surface area contributed by atoms with Crippen molar-refractivity contribution in [3.63, 3.8) is 0 Å². The van der Waals surface area contributed by atoms with Gasteiger partial charge in [-0.25, -0.2) is 4.99 Å². The van der Waals surface area contributed by atoms with Crippen molar-refractivity contribution in [2.24, 2.45) is 10.9 Å². The maximum absolute atomic E-state index is 12.8. The Kier molecular flexibility index (Phi) is 7.00. The van der Waals surface area contributed by atoms with Crippen LogP contribution < -0.4 is 5.32 Å². The zero-order valence-electron chi connectivity index (χ0n) is 16.7. The number of carbonyl (C=O) groups is 2. The predicted molar refractivity (Wildman–Crippen MR) is 117 cm³/mol. The monoisotopic (exact) mass is 418 g/mol. The van der Waals surface area contributed by atoms with Crippen molar-refractivity contribution in [3.8, 4) is 0 Å². The van der Waals surface area contributed by atoms with Gasteiger partial charge in [-0.15, -0.1) is 11.8 Å². The molecule has 6 heteroatoms. The molecule has 1 aromatic rings. The van der Waals surface area contributed by atoms with Crippen molar-refractivity contribution >= 4 is 40.9 Å². The molecule has 1 fully saturated rings. The second-order valence-electron chi connectivity index (χ2n) is 7.70. The average molecular weight is 419 g/mol. The number of nitrogens with one attached hydrogen (secondary N) is 1. The van der Waals surface area contributed by atoms with Crippen LogP contribution in [0.2, 0.25) is 5.02 Å². The van der Waals surface area contributed by atoms with E-state index in [1.54, 1.807) is 13.0 Å². The fourth-order valence-electron chi connectivity index (χ4n) is 3.82. The number of dihydropyridines is 1. The Morgan fingerprint density at radius 1 is 1.21 bits per heavy atom. The van der Waals surface area contributed by atoms with Crippen LogP contribution in [0, 0.1) is 12.8 Å². The lowest BCUT2D eigenvalue weighted by molar-refractivity contribution is -0.120. The minimum atomic E-state index is -0.400. The molecule has 0 spiro atoms. The van der Waals surface area contributed by atoms with Gasteiger partial charge in [-0.1, -0.05) is 36.4 Å². The Balaban J connectivity index is 1.71. The molecule has 0 bridgehead atoms. The Bertz CT molecular complexity index is 841. The quantitative estimate of drug-likeness (QED) is 0.699. The van der Waals surface area contributed by atoms with Crippen LogP contribution in [-0.2, 0) is 4.79 Å². The van der Waals surface area contributed by atoms with E-state index < -0.39 is 5.92 Å². The number of rotatable bonds is 5. The molecule has 28 heavy (non-hydrogen) atoms. The lowest BCUT2D eigenvalue weighted by atomic mass is 9.95. The number of nitrogens with zero attached hydrogens (tertiary/aromatic N) is 1. The molecule has 0 saturated heterocycles. The summed E-state index contributed by atoms with van der Waals surface area (Å²) < 4.78 is 0. The smallest absolute Gasteiger partial charge is 0.254 e. The maximum atomic E-state index is 12.8. The van der Waals surface area contributed by atoms with Gasteiger partial charge in [-0.2, -0.15) is 0 Å². The minimum Gasteiger partial charge on any atom is -0.351 e. The first-order chi connectivity index (χ1) is 13.3. The van der Waals surface area contributed by atoms with E-state index in [0.29, 0.717) is 21.5 Å². The second kappa shape index (κ2) is 9.27. The van der Waals surface area contributed by atoms with Crippen molar-refractivity contribution < 1.29 is 9.59 Å². The normalized spacial score (nSPS) is 20.6. The van der Waals surface area contributed by atoms with E-state index in [9.17, 15) is 9.59 Å². The summed E-state index contributed by atoms with van der Waals surface area (Å²) in [4.78, 5) is 30.1. The van der Waals surface area contributed by atoms with Crippen LogP contribution in [0.1, 0.15) is 61.9 Å². The molecular weight excluding hydrogens is 392 g/mol. The zero-order chi connectivity index (χ0) is 20.3. The van der Waals surface area contributed by atoms with Gasteiger partial charge in [0, 0.05) is 33.0 Å². The maximum Gasteiger partial charge on any atom is 0.254 e. The van der Waals surface area contributed by atoms with Crippen LogP contribution in [0.15, 0.2) is 33.7 Å². The lowest BCUT2D eigenvalue weighted by Gasteiger charge is -2.23. The molecule has 0 radical (unpaired) electrons. The Morgan fingerprint density at radius 3 is 2.61 bits per heavy atom. The van der Waals surface area contributed by atoms with Crippen LogP contribution >= 0.6 is 23.4 Å². The molecule has 1 aliphatic carbocycles. The fourth-order valence-corrected chi connectivity index (χ4v) is 5.51. The van der Waals surface area contributed by atoms with E-state index in [1.165, 1.54) is 32.1 Å². The molecule has 1 N–H and O–H groups in total. The highest BCUT2D eigenvalue weighted by Gasteiger charge is 2.25. The minimum absolute atomic E-state index is 0.197. The highest BCUT2D eigenvalue weighted by Crippen LogP contribution is 2.37. The number of carbonyl (C=O) groups excluding carboxylic acids is 2. The molecule has 1 heterocycles. The number of aliphatic imine (C=N–C) groups is 1. The van der Waals surface area contributed by atoms with Crippen LogP contribution in [0.3, 0.4) is 0 Å². The first-order valence-electron chi connectivity index (χ1n) is 9.87. The van der Waals surface area contributed by atoms with E-state index in [0.717, 1.165) is 16.0 Å². The van der Waals surface area contributed by atoms with E-state index in [-0.39, 0.29) is 18.4 Å². The summed E-state index contributed by atoms with van der Waals surface area (Å²) in [6.07, 6.45) is 8.18. The molecule has 0 aromatic heterocycles. The largest absolute Gasteiger partial charge is 0.351 e. The van der Waals surface area contributed by atoms with Crippen molar-refractivity contribution in [3.05, 3.63) is 39.9 Å². The van der Waals surface area contributed by atoms with Gasteiger partial charge >= 0.3 is 0 Å². The van der Waals surface area contributed by atoms with Crippen molar-refractivity contribution in [1.82, 2.24) is 5.32 Å². The molecule has 4 nitrogen and oxygen atoms in total. The van der Waals surface area contributed by atoms with Gasteiger partial charge in [0.15, 0.2) is 0 Å². The Hall–Kier alpha value is -1.59. The number of benzene rings is 1. The number of amides is 2. The first-order valence-corrected chi connectivity index (χ1v) is 11.1. The molecule has 1 aliphatic heterocycles. The van der Waals surface area contributed by atoms with E-state index in [1.807, 2.05) is 37.8 Å². The van der Waals surface area contributed by atoms with Crippen LogP contribution in [0.25, 0.3) is 0 Å². The standard InChI is InChI=1S/C22H27ClN2O2S/c1-13-9-14(2)25-22(27)19(13)12-24-21(26)18-10-16(23)11-20(15(18)3)28-17-7-5-4-6-8-17/h9-11,17,19H,4-8,12H2,1-3H3,(H,24,26). The third-order valence-corrected chi connectivity index (χ3v) is 7.15. The summed E-state index contributed by atoms with van der Waals surface area (Å²) in [6.45, 7) is 5.92. The van der Waals surface area contributed by atoms with Gasteiger partial charge in [0.25, 0.3) is 11.8 Å². The van der Waals surface area contributed by atoms with E-state index in [4.69, 9.17) is 11.6 Å². The second-order valence-corrected chi connectivity index (χ2v) is 9.48. The summed E-state index contributed by atoms with van der Waals surface area (Å²) in [5.74, 6) is -0.797. The molecule has 1 aromatic carbocycles. The number of hydrogen-bond donors (Lipinski definition) is 1. The van der Waals surface area contributed by atoms with Gasteiger partial charge in [0.2, 0.25) is 0 Å². The summed E-state index contributed by atoms with van der Waals surface area (Å²) in [5, 5.41) is 4.07. The van der Waals surface area contributed by atoms with Crippen molar-refractivity contribution in [2.75, 3.05) is 6.54 Å². The van der Waals surface area contributed by atoms with Crippen LogP contribution in [0.4, 0.5) is 0 Å². The average Bonchev–Trinajstić information content (AvgIpc) is 2.64. The van der Waals surface area contributed by atoms with Gasteiger partial charge in [0.05, 0.1) is 5.92 Å². The molecule has 2 aliphatic rings. The fraction of sp³-hybridized carbons (Fsp3) is 0.500. The summed E-state index contributed by atoms with van der Waals surface area (Å²) in [5.41, 5.74) is 3.17. The first kappa shape index (κ1) is 21.1. The van der Waals surface area contributed by atoms with Gasteiger partial charge < -0.3 is 5.32 Å². The third kappa shape index (κ3) is 5.06. The van der Waals surface area contributed by atoms with E-state index in [2.05, 4.69) is 10.3 Å². The highest BCUT2D eigenvalue weighted by atomic mass is 35.5. The Morgan fingerprint density at radius 2 is 1.93 bits per heavy atom. The highest BCUT2D eigenvalue weighted by molar-refractivity contribution is 8.00. The van der Waals surface area contributed by atoms with E-state index >= 15 is 0 Å². The predicted octanol–water partition coefficient (Wildman–Crippen LogP) is 5.37. The molecule has 150 valence electrons. The molecule has 1 atom stereocenters. The summed E-state index contributed by atoms with van der Waals surface area (Å²) >= 11 is 8.16. The number of hydrogen-bond acceptors (Lipinski definition) is 3. The molecular formula is C22H27ClN2O2S. The number of halogens is 1. The Labute approximate surface area is 176 Å². The topological polar surface area (TPSA) is 58.5 Å². The van der Waals surface area contributed by atoms with Crippen molar-refractivity contribution in [2.45, 2.75) is 63.0 Å². The van der Waals surface area contributed by atoms with Crippen molar-refractivity contribution in [1.29, 1.82) is 0 Å². The van der Waals surface area contributed by atoms with Gasteiger partial charge in [-0.3, -0.25) is 9.59 Å². The number of thioether (sulfide) groups is 1. The van der Waals surface area contributed by atoms with Gasteiger partial charge in [0.1, 0.15) is 0 Å². The SMILES string of the molecule is CC1=CC(C)=NC(=O)C1CNC(=O)c1cc(Cl)cc(SC2CCCCC2)c1C. The molecule has 1 saturated carbocycles. The van der Waals surface area contributed by atoms with Crippen LogP contribution in [-0.4, -0.2) is 29.3 Å². The summed E-state index contributed by atoms with van der Waals surface area (Å²) in [6, 6.07) is 3.67. The molecule has 2 amide bonds.